The van der Waals surface area contributed by atoms with Gasteiger partial charge in [0.25, 0.3) is 5.91 Å². The summed E-state index contributed by atoms with van der Waals surface area (Å²) in [5, 5.41) is 0. The first kappa shape index (κ1) is 20.5. The predicted octanol–water partition coefficient (Wildman–Crippen LogP) is 2.87. The van der Waals surface area contributed by atoms with E-state index in [9.17, 15) is 13.6 Å². The van der Waals surface area contributed by atoms with Crippen LogP contribution in [0.25, 0.3) is 0 Å². The van der Waals surface area contributed by atoms with E-state index >= 15 is 0 Å². The Morgan fingerprint density at radius 1 is 1.27 bits per heavy atom. The number of aliphatic imine (C=N–C) groups is 1. The lowest BCUT2D eigenvalue weighted by Crippen LogP contribution is -2.45. The molecule has 160 valence electrons. The molecule has 6 nitrogen and oxygen atoms in total. The minimum atomic E-state index is -2.91. The van der Waals surface area contributed by atoms with Crippen LogP contribution in [0.3, 0.4) is 0 Å². The molecule has 2 heterocycles. The van der Waals surface area contributed by atoms with Crippen molar-refractivity contribution in [3.8, 4) is 5.75 Å². The number of hydrogen-bond donors (Lipinski definition) is 1. The van der Waals surface area contributed by atoms with Crippen molar-refractivity contribution in [2.24, 2.45) is 16.6 Å². The number of hydrogen-bond acceptors (Lipinski definition) is 5. The summed E-state index contributed by atoms with van der Waals surface area (Å²) in [5.41, 5.74) is 6.67. The highest BCUT2D eigenvalue weighted by Gasteiger charge is 2.53. The second kappa shape index (κ2) is 8.18. The smallest absolute Gasteiger partial charge is 0.387 e. The van der Waals surface area contributed by atoms with Crippen LogP contribution in [0, 0.1) is 5.92 Å². The Morgan fingerprint density at radius 3 is 2.57 bits per heavy atom. The largest absolute Gasteiger partial charge is 0.435 e. The van der Waals surface area contributed by atoms with Crippen LogP contribution >= 0.6 is 0 Å². The lowest BCUT2D eigenvalue weighted by Gasteiger charge is -2.34. The monoisotopic (exact) mass is 416 g/mol. The zero-order valence-corrected chi connectivity index (χ0v) is 16.9. The quantitative estimate of drug-likeness (QED) is 0.774. The summed E-state index contributed by atoms with van der Waals surface area (Å²) >= 11 is 0. The van der Waals surface area contributed by atoms with Crippen LogP contribution in [0.5, 0.6) is 5.75 Å². The predicted molar refractivity (Wildman–Crippen MR) is 110 cm³/mol. The van der Waals surface area contributed by atoms with Crippen molar-refractivity contribution in [3.05, 3.63) is 53.6 Å². The number of nitrogens with zero attached hydrogens (tertiary/aromatic N) is 3. The maximum Gasteiger partial charge on any atom is 0.387 e. The lowest BCUT2D eigenvalue weighted by molar-refractivity contribution is -0.132. The number of halogens is 2. The van der Waals surface area contributed by atoms with E-state index in [1.165, 1.54) is 35.4 Å². The van der Waals surface area contributed by atoms with E-state index in [1.54, 1.807) is 19.2 Å². The highest BCUT2D eigenvalue weighted by atomic mass is 19.3. The number of carbonyl (C=O) groups excluding carboxylic acids is 1. The molecule has 2 N–H and O–H groups in total. The molecule has 30 heavy (non-hydrogen) atoms. The maximum absolute atomic E-state index is 13.4. The third-order valence-corrected chi connectivity index (χ3v) is 6.10. The number of benzene rings is 1. The molecule has 2 atom stereocenters. The molecule has 0 radical (unpaired) electrons. The van der Waals surface area contributed by atoms with Gasteiger partial charge in [0.05, 0.1) is 0 Å². The molecule has 1 aliphatic carbocycles. The van der Waals surface area contributed by atoms with E-state index in [1.807, 2.05) is 12.2 Å². The fraction of sp³-hybridized carbons (Fsp3) is 0.455. The third kappa shape index (κ3) is 3.71. The Balaban J connectivity index is 1.65. The van der Waals surface area contributed by atoms with Crippen molar-refractivity contribution in [3.63, 3.8) is 0 Å². The zero-order valence-electron chi connectivity index (χ0n) is 16.9. The number of likely N-dealkylation sites (tertiary alicyclic amines) is 1. The van der Waals surface area contributed by atoms with E-state index in [2.05, 4.69) is 20.7 Å². The average molecular weight is 416 g/mol. The van der Waals surface area contributed by atoms with E-state index in [0.717, 1.165) is 19.6 Å². The molecule has 0 bridgehead atoms. The molecule has 3 aliphatic rings. The molecule has 1 aromatic rings. The highest BCUT2D eigenvalue weighted by molar-refractivity contribution is 6.07. The molecule has 1 unspecified atom stereocenters. The number of ether oxygens (including phenoxy) is 1. The molecule has 4 rings (SSSR count). The Morgan fingerprint density at radius 2 is 1.97 bits per heavy atom. The molecule has 1 aromatic carbocycles. The van der Waals surface area contributed by atoms with Crippen LogP contribution in [0.2, 0.25) is 0 Å². The summed E-state index contributed by atoms with van der Waals surface area (Å²) in [5.74, 6) is -0.261. The SMILES string of the molecule is CN1C(=O)C(c2ccc(OC(F)F)cc2)([C@H]2C=CC=C(CN3CCCC3)C2)N=C1N. The van der Waals surface area contributed by atoms with Gasteiger partial charge in [0.15, 0.2) is 11.5 Å². The molecule has 0 saturated carbocycles. The zero-order chi connectivity index (χ0) is 21.3. The van der Waals surface area contributed by atoms with E-state index < -0.39 is 12.2 Å². The molecule has 8 heteroatoms. The van der Waals surface area contributed by atoms with Crippen LogP contribution in [0.4, 0.5) is 8.78 Å². The number of amides is 1. The van der Waals surface area contributed by atoms with Gasteiger partial charge in [0.2, 0.25) is 0 Å². The van der Waals surface area contributed by atoms with Gasteiger partial charge in [-0.25, -0.2) is 4.99 Å². The summed E-state index contributed by atoms with van der Waals surface area (Å²) in [6, 6.07) is 6.12. The van der Waals surface area contributed by atoms with Gasteiger partial charge in [0.1, 0.15) is 5.75 Å². The number of nitrogens with two attached hydrogens (primary N) is 1. The fourth-order valence-electron chi connectivity index (χ4n) is 4.57. The van der Waals surface area contributed by atoms with Gasteiger partial charge >= 0.3 is 6.61 Å². The highest BCUT2D eigenvalue weighted by Crippen LogP contribution is 2.44. The van der Waals surface area contributed by atoms with Crippen LogP contribution in [0.15, 0.2) is 53.1 Å². The average Bonchev–Trinajstić information content (AvgIpc) is 3.31. The number of carbonyl (C=O) groups is 1. The molecule has 0 aromatic heterocycles. The third-order valence-electron chi connectivity index (χ3n) is 6.10. The van der Waals surface area contributed by atoms with Gasteiger partial charge in [-0.05, 0) is 50.0 Å². The van der Waals surface area contributed by atoms with E-state index in [-0.39, 0.29) is 23.5 Å². The van der Waals surface area contributed by atoms with Crippen molar-refractivity contribution < 1.29 is 18.3 Å². The molecule has 1 fully saturated rings. The summed E-state index contributed by atoms with van der Waals surface area (Å²) in [7, 11) is 1.60. The minimum Gasteiger partial charge on any atom is -0.435 e. The number of rotatable bonds is 6. The first-order valence-electron chi connectivity index (χ1n) is 10.2. The molecular weight excluding hydrogens is 390 g/mol. The summed E-state index contributed by atoms with van der Waals surface area (Å²) in [6.45, 7) is 0.156. The minimum absolute atomic E-state index is 0.0356. The second-order valence-electron chi connectivity index (χ2n) is 8.01. The first-order valence-corrected chi connectivity index (χ1v) is 10.2. The van der Waals surface area contributed by atoms with Crippen molar-refractivity contribution >= 4 is 11.9 Å². The van der Waals surface area contributed by atoms with Gasteiger partial charge in [-0.1, -0.05) is 35.9 Å². The van der Waals surface area contributed by atoms with Crippen LogP contribution < -0.4 is 10.5 Å². The van der Waals surface area contributed by atoms with Crippen molar-refractivity contribution in [2.75, 3.05) is 26.7 Å². The first-order chi connectivity index (χ1) is 14.4. The fourth-order valence-corrected chi connectivity index (χ4v) is 4.57. The standard InChI is InChI=1S/C22H26F2N4O2/c1-27-19(29)22(26-21(27)25,16-7-9-18(10-8-16)30-20(23)24)17-6-4-5-15(13-17)14-28-11-2-3-12-28/h4-10,17,20H,2-3,11-14H2,1H3,(H2,25,26)/t17-,22?/m0/s1. The van der Waals surface area contributed by atoms with Gasteiger partial charge in [0, 0.05) is 19.5 Å². The normalized spacial score (nSPS) is 27.0. The summed E-state index contributed by atoms with van der Waals surface area (Å²) in [4.78, 5) is 21.8. The van der Waals surface area contributed by atoms with Gasteiger partial charge in [-0.15, -0.1) is 0 Å². The van der Waals surface area contributed by atoms with E-state index in [4.69, 9.17) is 5.73 Å². The number of alkyl halides is 2. The Bertz CT molecular complexity index is 891. The molecule has 0 spiro atoms. The number of allylic oxidation sites excluding steroid dienone is 2. The van der Waals surface area contributed by atoms with Crippen LogP contribution in [0.1, 0.15) is 24.8 Å². The van der Waals surface area contributed by atoms with Gasteiger partial charge in [-0.3, -0.25) is 14.6 Å². The van der Waals surface area contributed by atoms with Gasteiger partial charge < -0.3 is 10.5 Å². The van der Waals surface area contributed by atoms with Crippen molar-refractivity contribution in [2.45, 2.75) is 31.4 Å². The number of likely N-dealkylation sites (N-methyl/N-ethyl adjacent to an activating group) is 1. The Kier molecular flexibility index (Phi) is 5.60. The van der Waals surface area contributed by atoms with E-state index in [0.29, 0.717) is 12.0 Å². The Labute approximate surface area is 174 Å². The molecular formula is C22H26F2N4O2. The second-order valence-corrected chi connectivity index (χ2v) is 8.01. The Hall–Kier alpha value is -2.74. The van der Waals surface area contributed by atoms with Crippen molar-refractivity contribution in [1.29, 1.82) is 0 Å². The van der Waals surface area contributed by atoms with Crippen molar-refractivity contribution in [1.82, 2.24) is 9.80 Å². The topological polar surface area (TPSA) is 71.2 Å². The summed E-state index contributed by atoms with van der Waals surface area (Å²) in [6.07, 6.45) is 9.19. The number of guanidine groups is 1. The molecule has 1 amide bonds. The maximum atomic E-state index is 13.4. The van der Waals surface area contributed by atoms with Crippen LogP contribution in [-0.4, -0.2) is 55.0 Å². The van der Waals surface area contributed by atoms with Gasteiger partial charge in [-0.2, -0.15) is 8.78 Å². The van der Waals surface area contributed by atoms with Crippen LogP contribution in [-0.2, 0) is 10.3 Å². The molecule has 1 saturated heterocycles. The summed E-state index contributed by atoms with van der Waals surface area (Å²) < 4.78 is 29.5. The molecule has 2 aliphatic heterocycles. The lowest BCUT2D eigenvalue weighted by atomic mass is 9.73.